The smallest absolute Gasteiger partial charge is 0.311 e. The number of carboxylic acid groups (broad SMARTS) is 1. The molecule has 1 aliphatic heterocycles. The number of aliphatic carboxylic acids is 1. The summed E-state index contributed by atoms with van der Waals surface area (Å²) in [7, 11) is -3.46. The number of carboxylic acids is 1. The van der Waals surface area contributed by atoms with E-state index in [0.29, 0.717) is 5.69 Å². The van der Waals surface area contributed by atoms with Gasteiger partial charge in [0.05, 0.1) is 5.69 Å². The number of rotatable bonds is 2. The number of carbonyl (C=O) groups is 1. The standard InChI is InChI=1S/C9H10N2O5S/c12-5-1-2-6-7(3-5)17(15,16)11-8(10-6)4-9(13)14/h1-3,12,15-16H,4H2,(H,10,11)(H,13,14). The molecule has 2 rings (SSSR count). The first-order valence-electron chi connectivity index (χ1n) is 4.57. The summed E-state index contributed by atoms with van der Waals surface area (Å²) in [5.41, 5.74) is 0.328. The van der Waals surface area contributed by atoms with Crippen molar-refractivity contribution in [3.8, 4) is 5.75 Å². The summed E-state index contributed by atoms with van der Waals surface area (Å²) in [6.45, 7) is 0. The van der Waals surface area contributed by atoms with Crippen molar-refractivity contribution in [1.82, 2.24) is 0 Å². The summed E-state index contributed by atoms with van der Waals surface area (Å²) in [5, 5.41) is 20.5. The fraction of sp³-hybridized carbons (Fsp3) is 0.111. The van der Waals surface area contributed by atoms with Crippen molar-refractivity contribution in [1.29, 1.82) is 0 Å². The zero-order valence-corrected chi connectivity index (χ0v) is 9.31. The minimum absolute atomic E-state index is 0.0318. The number of nitrogens with zero attached hydrogens (tertiary/aromatic N) is 1. The van der Waals surface area contributed by atoms with Crippen LogP contribution in [0.4, 0.5) is 5.69 Å². The predicted octanol–water partition coefficient (Wildman–Crippen LogP) is 1.72. The molecular weight excluding hydrogens is 248 g/mol. The molecule has 0 fully saturated rings. The van der Waals surface area contributed by atoms with Gasteiger partial charge in [-0.05, 0) is 12.1 Å². The Bertz CT molecular complexity index is 514. The van der Waals surface area contributed by atoms with E-state index >= 15 is 0 Å². The van der Waals surface area contributed by atoms with Crippen LogP contribution < -0.4 is 5.32 Å². The van der Waals surface area contributed by atoms with Crippen molar-refractivity contribution < 1.29 is 24.1 Å². The number of amidine groups is 1. The van der Waals surface area contributed by atoms with E-state index in [1.807, 2.05) is 0 Å². The predicted molar refractivity (Wildman–Crippen MR) is 62.5 cm³/mol. The molecule has 17 heavy (non-hydrogen) atoms. The van der Waals surface area contributed by atoms with Crippen LogP contribution in [0.25, 0.3) is 0 Å². The van der Waals surface area contributed by atoms with E-state index in [1.54, 1.807) is 0 Å². The fourth-order valence-corrected chi connectivity index (χ4v) is 2.65. The van der Waals surface area contributed by atoms with E-state index in [0.717, 1.165) is 0 Å². The number of nitrogens with one attached hydrogen (secondary N) is 1. The van der Waals surface area contributed by atoms with Crippen molar-refractivity contribution in [2.75, 3.05) is 5.32 Å². The second kappa shape index (κ2) is 3.91. The second-order valence-electron chi connectivity index (χ2n) is 3.43. The van der Waals surface area contributed by atoms with Crippen molar-refractivity contribution in [3.05, 3.63) is 18.2 Å². The first-order valence-corrected chi connectivity index (χ1v) is 6.08. The molecule has 0 radical (unpaired) electrons. The number of aromatic hydroxyl groups is 1. The van der Waals surface area contributed by atoms with Crippen LogP contribution in [0.15, 0.2) is 27.5 Å². The summed E-state index contributed by atoms with van der Waals surface area (Å²) >= 11 is 0. The van der Waals surface area contributed by atoms with Gasteiger partial charge in [0, 0.05) is 6.07 Å². The third-order valence-corrected chi connectivity index (χ3v) is 3.50. The van der Waals surface area contributed by atoms with Crippen LogP contribution in [-0.4, -0.2) is 31.1 Å². The van der Waals surface area contributed by atoms with E-state index in [9.17, 15) is 19.0 Å². The molecule has 0 aliphatic carbocycles. The molecule has 0 atom stereocenters. The van der Waals surface area contributed by atoms with Crippen molar-refractivity contribution in [2.45, 2.75) is 11.3 Å². The van der Waals surface area contributed by atoms with Gasteiger partial charge in [-0.25, -0.2) is 0 Å². The summed E-state index contributed by atoms with van der Waals surface area (Å²) in [6.07, 6.45) is -0.434. The lowest BCUT2D eigenvalue weighted by Crippen LogP contribution is -2.22. The normalized spacial score (nSPS) is 18.6. The van der Waals surface area contributed by atoms with E-state index < -0.39 is 23.2 Å². The number of phenols is 1. The molecule has 8 heteroatoms. The first kappa shape index (κ1) is 11.7. The molecule has 1 heterocycles. The second-order valence-corrected chi connectivity index (χ2v) is 5.09. The molecular formula is C9H10N2O5S. The Morgan fingerprint density at radius 2 is 2.12 bits per heavy atom. The highest BCUT2D eigenvalue weighted by Crippen LogP contribution is 2.55. The zero-order valence-electron chi connectivity index (χ0n) is 8.49. The van der Waals surface area contributed by atoms with Crippen molar-refractivity contribution in [2.24, 2.45) is 4.40 Å². The third kappa shape index (κ3) is 2.33. The van der Waals surface area contributed by atoms with Crippen LogP contribution >= 0.6 is 10.8 Å². The highest BCUT2D eigenvalue weighted by Gasteiger charge is 2.26. The lowest BCUT2D eigenvalue weighted by molar-refractivity contribution is -0.135. The van der Waals surface area contributed by atoms with Crippen LogP contribution in [-0.2, 0) is 4.79 Å². The molecule has 0 unspecified atom stereocenters. The molecule has 0 spiro atoms. The topological polar surface area (TPSA) is 122 Å². The number of benzene rings is 1. The SMILES string of the molecule is O=C(O)CC1=NS(O)(O)c2cc(O)ccc2N1. The summed E-state index contributed by atoms with van der Waals surface area (Å²) in [6, 6.07) is 3.96. The molecule has 0 saturated carbocycles. The highest BCUT2D eigenvalue weighted by molar-refractivity contribution is 8.23. The monoisotopic (exact) mass is 258 g/mol. The van der Waals surface area contributed by atoms with Crippen LogP contribution in [0.2, 0.25) is 0 Å². The quantitative estimate of drug-likeness (QED) is 0.515. The third-order valence-electron chi connectivity index (χ3n) is 2.10. The average molecular weight is 258 g/mol. The van der Waals surface area contributed by atoms with E-state index in [4.69, 9.17) is 5.11 Å². The van der Waals surface area contributed by atoms with Gasteiger partial charge in [0.2, 0.25) is 0 Å². The number of phenolic OH excluding ortho intramolecular Hbond substituents is 1. The largest absolute Gasteiger partial charge is 0.508 e. The Kier molecular flexibility index (Phi) is 2.69. The molecule has 1 aromatic rings. The Morgan fingerprint density at radius 3 is 2.76 bits per heavy atom. The van der Waals surface area contributed by atoms with Gasteiger partial charge < -0.3 is 15.5 Å². The van der Waals surface area contributed by atoms with Gasteiger partial charge in [0.1, 0.15) is 22.9 Å². The summed E-state index contributed by atoms with van der Waals surface area (Å²) in [4.78, 5) is 10.6. The van der Waals surface area contributed by atoms with Gasteiger partial charge in [0.15, 0.2) is 0 Å². The number of anilines is 1. The van der Waals surface area contributed by atoms with Crippen molar-refractivity contribution in [3.63, 3.8) is 0 Å². The van der Waals surface area contributed by atoms with E-state index in [2.05, 4.69) is 9.71 Å². The zero-order chi connectivity index (χ0) is 12.6. The van der Waals surface area contributed by atoms with Crippen LogP contribution in [0.5, 0.6) is 5.75 Å². The molecule has 7 nitrogen and oxygen atoms in total. The maximum Gasteiger partial charge on any atom is 0.311 e. The molecule has 1 aliphatic rings. The Labute approximate surface area is 97.9 Å². The Morgan fingerprint density at radius 1 is 1.41 bits per heavy atom. The Balaban J connectivity index is 2.42. The molecule has 5 N–H and O–H groups in total. The Hall–Kier alpha value is -1.77. The van der Waals surface area contributed by atoms with Gasteiger partial charge in [-0.3, -0.25) is 13.9 Å². The first-order chi connectivity index (χ1) is 7.88. The molecule has 0 aromatic heterocycles. The summed E-state index contributed by atoms with van der Waals surface area (Å²) in [5.74, 6) is -1.29. The minimum Gasteiger partial charge on any atom is -0.508 e. The lowest BCUT2D eigenvalue weighted by atomic mass is 10.3. The maximum atomic E-state index is 10.5. The number of hydrogen-bond donors (Lipinski definition) is 5. The number of hydrogen-bond acceptors (Lipinski definition) is 6. The van der Waals surface area contributed by atoms with Gasteiger partial charge in [-0.2, -0.15) is 0 Å². The van der Waals surface area contributed by atoms with Gasteiger partial charge in [0.25, 0.3) is 0 Å². The van der Waals surface area contributed by atoms with Gasteiger partial charge in [-0.15, -0.1) is 4.40 Å². The van der Waals surface area contributed by atoms with Gasteiger partial charge in [-0.1, -0.05) is 10.8 Å². The van der Waals surface area contributed by atoms with Crippen LogP contribution in [0, 0.1) is 0 Å². The fourth-order valence-electron chi connectivity index (χ4n) is 1.44. The van der Waals surface area contributed by atoms with Gasteiger partial charge >= 0.3 is 5.97 Å². The summed E-state index contributed by atoms with van der Waals surface area (Å²) < 4.78 is 23.0. The average Bonchev–Trinajstić information content (AvgIpc) is 2.17. The molecule has 0 amide bonds. The van der Waals surface area contributed by atoms with E-state index in [-0.39, 0.29) is 16.5 Å². The highest BCUT2D eigenvalue weighted by atomic mass is 32.3. The molecule has 0 bridgehead atoms. The maximum absolute atomic E-state index is 10.5. The van der Waals surface area contributed by atoms with Crippen LogP contribution in [0.3, 0.4) is 0 Å². The number of fused-ring (bicyclic) bond motifs is 1. The molecule has 0 saturated heterocycles. The molecule has 1 aromatic carbocycles. The van der Waals surface area contributed by atoms with E-state index in [1.165, 1.54) is 18.2 Å². The lowest BCUT2D eigenvalue weighted by Gasteiger charge is -2.33. The van der Waals surface area contributed by atoms with Crippen molar-refractivity contribution >= 4 is 28.3 Å². The van der Waals surface area contributed by atoms with Crippen LogP contribution in [0.1, 0.15) is 6.42 Å². The minimum atomic E-state index is -3.46. The molecule has 92 valence electrons.